The van der Waals surface area contributed by atoms with Crippen molar-refractivity contribution in [3.63, 3.8) is 0 Å². The fourth-order valence-electron chi connectivity index (χ4n) is 2.81. The second-order valence-corrected chi connectivity index (χ2v) is 6.27. The number of carbonyl (C=O) groups is 3. The zero-order chi connectivity index (χ0) is 20.5. The van der Waals surface area contributed by atoms with Crippen LogP contribution < -0.4 is 19.6 Å². The number of nitrogens with zero attached hydrogens (tertiary/aromatic N) is 2. The van der Waals surface area contributed by atoms with E-state index in [1.54, 1.807) is 17.0 Å². The van der Waals surface area contributed by atoms with Gasteiger partial charge in [-0.2, -0.15) is 5.10 Å². The normalized spacial score (nSPS) is 14.5. The van der Waals surface area contributed by atoms with Crippen LogP contribution in [0.2, 0.25) is 0 Å². The minimum absolute atomic E-state index is 0.00726. The molecule has 1 fully saturated rings. The Morgan fingerprint density at radius 1 is 1.18 bits per heavy atom. The number of rotatable bonds is 7. The Bertz CT molecular complexity index is 737. The number of carbonyl (C=O) groups excluding carboxylic acids is 3. The zero-order valence-corrected chi connectivity index (χ0v) is 16.3. The van der Waals surface area contributed by atoms with Crippen LogP contribution in [0.4, 0.5) is 0 Å². The molecule has 0 aliphatic carbocycles. The van der Waals surface area contributed by atoms with Gasteiger partial charge in [0.25, 0.3) is 5.91 Å². The lowest BCUT2D eigenvalue weighted by molar-refractivity contribution is -0.135. The quantitative estimate of drug-likeness (QED) is 0.327. The molecule has 0 saturated carbocycles. The van der Waals surface area contributed by atoms with Gasteiger partial charge in [-0.15, -0.1) is 0 Å². The van der Waals surface area contributed by atoms with E-state index in [1.807, 2.05) is 0 Å². The zero-order valence-electron chi connectivity index (χ0n) is 16.3. The highest BCUT2D eigenvalue weighted by atomic mass is 16.6. The van der Waals surface area contributed by atoms with Gasteiger partial charge in [-0.3, -0.25) is 14.4 Å². The van der Waals surface area contributed by atoms with Crippen molar-refractivity contribution in [1.29, 1.82) is 0 Å². The first kappa shape index (κ1) is 21.2. The standard InChI is InChI=1S/C19H25N3O6/c1-13(23)28-19-15(26-2)9-14(10-16(19)27-3)11-20-21-17(24)12-22-8-6-4-5-7-18(22)25/h9-11H,4-8,12H2,1-3H3,(H,21,24)/b20-11-. The van der Waals surface area contributed by atoms with E-state index in [9.17, 15) is 14.4 Å². The molecule has 0 radical (unpaired) electrons. The highest BCUT2D eigenvalue weighted by Gasteiger charge is 2.19. The first-order chi connectivity index (χ1) is 13.4. The number of benzene rings is 1. The number of hydrazone groups is 1. The molecular weight excluding hydrogens is 366 g/mol. The van der Waals surface area contributed by atoms with E-state index >= 15 is 0 Å². The summed E-state index contributed by atoms with van der Waals surface area (Å²) in [5.41, 5.74) is 2.98. The van der Waals surface area contributed by atoms with Crippen molar-refractivity contribution in [3.05, 3.63) is 17.7 Å². The number of amides is 2. The molecule has 1 heterocycles. The highest BCUT2D eigenvalue weighted by Crippen LogP contribution is 2.38. The molecule has 1 aliphatic heterocycles. The molecule has 0 unspecified atom stereocenters. The smallest absolute Gasteiger partial charge is 0.308 e. The molecule has 0 bridgehead atoms. The summed E-state index contributed by atoms with van der Waals surface area (Å²) in [6.07, 6.45) is 4.64. The summed E-state index contributed by atoms with van der Waals surface area (Å²) in [6, 6.07) is 3.18. The molecular formula is C19H25N3O6. The van der Waals surface area contributed by atoms with Gasteiger partial charge < -0.3 is 19.1 Å². The molecule has 9 nitrogen and oxygen atoms in total. The van der Waals surface area contributed by atoms with Gasteiger partial charge in [-0.25, -0.2) is 5.43 Å². The molecule has 1 aliphatic rings. The van der Waals surface area contributed by atoms with Crippen molar-refractivity contribution >= 4 is 24.0 Å². The molecule has 1 aromatic rings. The lowest BCUT2D eigenvalue weighted by atomic mass is 10.2. The number of hydrogen-bond acceptors (Lipinski definition) is 7. The molecule has 152 valence electrons. The van der Waals surface area contributed by atoms with Crippen molar-refractivity contribution < 1.29 is 28.6 Å². The number of nitrogens with one attached hydrogen (secondary N) is 1. The third-order valence-electron chi connectivity index (χ3n) is 4.14. The van der Waals surface area contributed by atoms with E-state index in [4.69, 9.17) is 14.2 Å². The molecule has 1 aromatic carbocycles. The summed E-state index contributed by atoms with van der Waals surface area (Å²) in [4.78, 5) is 36.8. The van der Waals surface area contributed by atoms with E-state index < -0.39 is 5.97 Å². The summed E-state index contributed by atoms with van der Waals surface area (Å²) in [6.45, 7) is 1.84. The van der Waals surface area contributed by atoms with Gasteiger partial charge in [-0.05, 0) is 25.0 Å². The number of esters is 1. The highest BCUT2D eigenvalue weighted by molar-refractivity contribution is 5.87. The Kier molecular flexibility index (Phi) is 7.79. The predicted octanol–water partition coefficient (Wildman–Crippen LogP) is 1.48. The summed E-state index contributed by atoms with van der Waals surface area (Å²) < 4.78 is 15.6. The summed E-state index contributed by atoms with van der Waals surface area (Å²) >= 11 is 0. The first-order valence-corrected chi connectivity index (χ1v) is 8.98. The predicted molar refractivity (Wildman–Crippen MR) is 102 cm³/mol. The van der Waals surface area contributed by atoms with Crippen LogP contribution in [0, 0.1) is 0 Å². The second-order valence-electron chi connectivity index (χ2n) is 6.27. The van der Waals surface area contributed by atoms with Crippen LogP contribution in [0.3, 0.4) is 0 Å². The fraction of sp³-hybridized carbons (Fsp3) is 0.474. The van der Waals surface area contributed by atoms with Crippen molar-refractivity contribution in [2.24, 2.45) is 5.10 Å². The summed E-state index contributed by atoms with van der Waals surface area (Å²) in [5.74, 6) is -0.143. The lowest BCUT2D eigenvalue weighted by Gasteiger charge is -2.18. The van der Waals surface area contributed by atoms with Gasteiger partial charge >= 0.3 is 5.97 Å². The maximum atomic E-state index is 12.1. The topological polar surface area (TPSA) is 107 Å². The van der Waals surface area contributed by atoms with Gasteiger partial charge in [0.05, 0.1) is 20.4 Å². The van der Waals surface area contributed by atoms with Crippen LogP contribution in [0.25, 0.3) is 0 Å². The Balaban J connectivity index is 2.03. The minimum atomic E-state index is -0.506. The monoisotopic (exact) mass is 391 g/mol. The van der Waals surface area contributed by atoms with Crippen molar-refractivity contribution in [3.8, 4) is 17.2 Å². The van der Waals surface area contributed by atoms with Crippen molar-refractivity contribution in [1.82, 2.24) is 10.3 Å². The molecule has 1 N–H and O–H groups in total. The van der Waals surface area contributed by atoms with E-state index in [-0.39, 0.29) is 35.6 Å². The molecule has 28 heavy (non-hydrogen) atoms. The molecule has 2 rings (SSSR count). The van der Waals surface area contributed by atoms with Gasteiger partial charge in [0.15, 0.2) is 11.5 Å². The summed E-state index contributed by atoms with van der Waals surface area (Å²) in [5, 5.41) is 3.92. The average Bonchev–Trinajstić information content (AvgIpc) is 2.86. The number of hydrogen-bond donors (Lipinski definition) is 1. The van der Waals surface area contributed by atoms with Crippen LogP contribution in [-0.2, 0) is 14.4 Å². The first-order valence-electron chi connectivity index (χ1n) is 8.98. The Morgan fingerprint density at radius 3 is 2.46 bits per heavy atom. The van der Waals surface area contributed by atoms with E-state index in [2.05, 4.69) is 10.5 Å². The van der Waals surface area contributed by atoms with Crippen molar-refractivity contribution in [2.75, 3.05) is 27.3 Å². The fourth-order valence-corrected chi connectivity index (χ4v) is 2.81. The summed E-state index contributed by atoms with van der Waals surface area (Å²) in [7, 11) is 2.87. The average molecular weight is 391 g/mol. The molecule has 0 atom stereocenters. The van der Waals surface area contributed by atoms with Crippen LogP contribution in [0.15, 0.2) is 17.2 Å². The van der Waals surface area contributed by atoms with Crippen LogP contribution >= 0.6 is 0 Å². The molecule has 2 amide bonds. The second kappa shape index (κ2) is 10.3. The number of methoxy groups -OCH3 is 2. The maximum absolute atomic E-state index is 12.1. The molecule has 0 spiro atoms. The number of ether oxygens (including phenoxy) is 3. The third kappa shape index (κ3) is 5.97. The SMILES string of the molecule is COc1cc(/C=N\NC(=O)CN2CCCCCC2=O)cc(OC)c1OC(C)=O. The Morgan fingerprint density at radius 2 is 1.86 bits per heavy atom. The lowest BCUT2D eigenvalue weighted by Crippen LogP contribution is -2.39. The van der Waals surface area contributed by atoms with Crippen LogP contribution in [0.5, 0.6) is 17.2 Å². The molecule has 1 saturated heterocycles. The minimum Gasteiger partial charge on any atom is -0.493 e. The number of likely N-dealkylation sites (tertiary alicyclic amines) is 1. The molecule has 0 aromatic heterocycles. The van der Waals surface area contributed by atoms with Gasteiger partial charge in [-0.1, -0.05) is 6.42 Å². The van der Waals surface area contributed by atoms with E-state index in [0.29, 0.717) is 18.5 Å². The third-order valence-corrected chi connectivity index (χ3v) is 4.14. The van der Waals surface area contributed by atoms with Gasteiger partial charge in [0.2, 0.25) is 11.7 Å². The van der Waals surface area contributed by atoms with E-state index in [0.717, 1.165) is 19.3 Å². The van der Waals surface area contributed by atoms with Gasteiger partial charge in [0.1, 0.15) is 6.54 Å². The van der Waals surface area contributed by atoms with Gasteiger partial charge in [0, 0.05) is 25.5 Å². The Labute approximate surface area is 163 Å². The maximum Gasteiger partial charge on any atom is 0.308 e. The van der Waals surface area contributed by atoms with Crippen LogP contribution in [-0.4, -0.2) is 56.2 Å². The Hall–Kier alpha value is -3.10. The van der Waals surface area contributed by atoms with E-state index in [1.165, 1.54) is 27.4 Å². The molecule has 9 heteroatoms. The van der Waals surface area contributed by atoms with Crippen LogP contribution in [0.1, 0.15) is 38.2 Å². The largest absolute Gasteiger partial charge is 0.493 e. The van der Waals surface area contributed by atoms with Crippen molar-refractivity contribution in [2.45, 2.75) is 32.6 Å².